The van der Waals surface area contributed by atoms with Gasteiger partial charge in [-0.25, -0.2) is 0 Å². The Hall–Kier alpha value is -2.21. The average molecular weight is 401 g/mol. The van der Waals surface area contributed by atoms with Crippen molar-refractivity contribution in [2.45, 2.75) is 62.4 Å². The van der Waals surface area contributed by atoms with E-state index in [1.54, 1.807) is 18.4 Å². The highest BCUT2D eigenvalue weighted by atomic mass is 32.2. The van der Waals surface area contributed by atoms with E-state index in [0.29, 0.717) is 29.7 Å². The van der Waals surface area contributed by atoms with E-state index < -0.39 is 0 Å². The van der Waals surface area contributed by atoms with Crippen LogP contribution in [0.4, 0.5) is 0 Å². The van der Waals surface area contributed by atoms with Crippen molar-refractivity contribution in [1.29, 1.82) is 0 Å². The van der Waals surface area contributed by atoms with Gasteiger partial charge in [0.25, 0.3) is 5.91 Å². The Morgan fingerprint density at radius 2 is 1.75 bits per heavy atom. The van der Waals surface area contributed by atoms with Crippen LogP contribution >= 0.6 is 11.8 Å². The van der Waals surface area contributed by atoms with Crippen molar-refractivity contribution in [3.63, 3.8) is 0 Å². The molecular weight excluding hydrogens is 372 g/mol. The van der Waals surface area contributed by atoms with Crippen molar-refractivity contribution in [1.82, 2.24) is 10.6 Å². The van der Waals surface area contributed by atoms with Gasteiger partial charge >= 0.3 is 0 Å². The minimum Gasteiger partial charge on any atom is -0.467 e. The third-order valence-corrected chi connectivity index (χ3v) is 6.04. The summed E-state index contributed by atoms with van der Waals surface area (Å²) in [5.74, 6) is 0.900. The molecule has 1 aromatic carbocycles. The Bertz CT molecular complexity index is 753. The number of amides is 2. The standard InChI is InChI=1S/C22H28N2O3S/c25-21(24-17-9-4-2-1-3-5-10-17)16-28-20-13-7-6-12-19(20)22(26)23-15-18-11-8-14-27-18/h6-8,11-14,17H,1-5,9-10,15-16H2,(H,23,26)(H,24,25). The maximum Gasteiger partial charge on any atom is 0.252 e. The summed E-state index contributed by atoms with van der Waals surface area (Å²) in [5, 5.41) is 6.04. The summed E-state index contributed by atoms with van der Waals surface area (Å²) in [6, 6.07) is 11.3. The molecular formula is C22H28N2O3S. The maximum absolute atomic E-state index is 12.5. The first-order valence-electron chi connectivity index (χ1n) is 10.0. The molecule has 1 aromatic heterocycles. The van der Waals surface area contributed by atoms with Crippen LogP contribution in [0.2, 0.25) is 0 Å². The number of carbonyl (C=O) groups is 2. The van der Waals surface area contributed by atoms with Crippen LogP contribution in [0.5, 0.6) is 0 Å². The second kappa shape index (κ2) is 11.0. The number of carbonyl (C=O) groups excluding carboxylic acids is 2. The lowest BCUT2D eigenvalue weighted by molar-refractivity contribution is -0.119. The highest BCUT2D eigenvalue weighted by molar-refractivity contribution is 8.00. The number of benzene rings is 1. The van der Waals surface area contributed by atoms with Crippen LogP contribution in [-0.2, 0) is 11.3 Å². The van der Waals surface area contributed by atoms with Crippen LogP contribution in [0.1, 0.15) is 61.1 Å². The molecule has 5 nitrogen and oxygen atoms in total. The molecule has 1 aliphatic rings. The minimum atomic E-state index is -0.167. The number of nitrogens with one attached hydrogen (secondary N) is 2. The smallest absolute Gasteiger partial charge is 0.252 e. The van der Waals surface area contributed by atoms with Crippen LogP contribution in [0.25, 0.3) is 0 Å². The van der Waals surface area contributed by atoms with Crippen LogP contribution in [0.3, 0.4) is 0 Å². The summed E-state index contributed by atoms with van der Waals surface area (Å²) >= 11 is 1.41. The van der Waals surface area contributed by atoms with Gasteiger partial charge in [0.2, 0.25) is 5.91 Å². The van der Waals surface area contributed by atoms with E-state index in [9.17, 15) is 9.59 Å². The quantitative estimate of drug-likeness (QED) is 0.670. The Morgan fingerprint density at radius 3 is 2.50 bits per heavy atom. The van der Waals surface area contributed by atoms with Crippen molar-refractivity contribution in [2.24, 2.45) is 0 Å². The molecule has 1 heterocycles. The molecule has 2 aromatic rings. The number of thioether (sulfide) groups is 1. The molecule has 150 valence electrons. The zero-order chi connectivity index (χ0) is 19.6. The molecule has 0 aliphatic heterocycles. The molecule has 6 heteroatoms. The summed E-state index contributed by atoms with van der Waals surface area (Å²) in [5.41, 5.74) is 0.581. The van der Waals surface area contributed by atoms with Crippen LogP contribution in [0.15, 0.2) is 52.0 Å². The second-order valence-electron chi connectivity index (χ2n) is 7.16. The third kappa shape index (κ3) is 6.44. The van der Waals surface area contributed by atoms with Crippen LogP contribution in [-0.4, -0.2) is 23.6 Å². The van der Waals surface area contributed by atoms with Gasteiger partial charge in [-0.1, -0.05) is 44.2 Å². The predicted molar refractivity (Wildman–Crippen MR) is 111 cm³/mol. The first kappa shape index (κ1) is 20.5. The molecule has 3 rings (SSSR count). The number of hydrogen-bond donors (Lipinski definition) is 2. The van der Waals surface area contributed by atoms with Gasteiger partial charge in [0.05, 0.1) is 24.1 Å². The van der Waals surface area contributed by atoms with Crippen LogP contribution in [0, 0.1) is 0 Å². The highest BCUT2D eigenvalue weighted by Gasteiger charge is 2.16. The van der Waals surface area contributed by atoms with Crippen molar-refractivity contribution < 1.29 is 14.0 Å². The number of hydrogen-bond acceptors (Lipinski definition) is 4. The molecule has 0 bridgehead atoms. The van der Waals surface area contributed by atoms with Gasteiger partial charge < -0.3 is 15.1 Å². The monoisotopic (exact) mass is 400 g/mol. The normalized spacial score (nSPS) is 15.4. The van der Waals surface area contributed by atoms with E-state index in [4.69, 9.17) is 4.42 Å². The maximum atomic E-state index is 12.5. The molecule has 2 N–H and O–H groups in total. The van der Waals surface area contributed by atoms with Crippen molar-refractivity contribution >= 4 is 23.6 Å². The molecule has 2 amide bonds. The highest BCUT2D eigenvalue weighted by Crippen LogP contribution is 2.23. The fraction of sp³-hybridized carbons (Fsp3) is 0.455. The molecule has 0 spiro atoms. The van der Waals surface area contributed by atoms with Crippen molar-refractivity contribution in [3.8, 4) is 0 Å². The van der Waals surface area contributed by atoms with Gasteiger partial charge in [-0.15, -0.1) is 11.8 Å². The van der Waals surface area contributed by atoms with Gasteiger partial charge in [-0.3, -0.25) is 9.59 Å². The minimum absolute atomic E-state index is 0.0429. The average Bonchev–Trinajstić information content (AvgIpc) is 3.20. The van der Waals surface area contributed by atoms with Gasteiger partial charge in [0.15, 0.2) is 0 Å². The lowest BCUT2D eigenvalue weighted by atomic mass is 9.97. The molecule has 0 saturated heterocycles. The van der Waals surface area contributed by atoms with Crippen molar-refractivity contribution in [3.05, 3.63) is 54.0 Å². The van der Waals surface area contributed by atoms with E-state index >= 15 is 0 Å². The topological polar surface area (TPSA) is 71.3 Å². The first-order valence-corrected chi connectivity index (χ1v) is 11.0. The lowest BCUT2D eigenvalue weighted by Gasteiger charge is -2.21. The Balaban J connectivity index is 1.51. The fourth-order valence-electron chi connectivity index (χ4n) is 3.47. The molecule has 28 heavy (non-hydrogen) atoms. The Kier molecular flexibility index (Phi) is 8.03. The van der Waals surface area contributed by atoms with Crippen molar-refractivity contribution in [2.75, 3.05) is 5.75 Å². The zero-order valence-electron chi connectivity index (χ0n) is 16.1. The van der Waals surface area contributed by atoms with Gasteiger partial charge in [0.1, 0.15) is 5.76 Å². The third-order valence-electron chi connectivity index (χ3n) is 4.96. The van der Waals surface area contributed by atoms with Gasteiger partial charge in [-0.05, 0) is 37.1 Å². The zero-order valence-corrected chi connectivity index (χ0v) is 16.9. The molecule has 1 aliphatic carbocycles. The molecule has 0 radical (unpaired) electrons. The fourth-order valence-corrected chi connectivity index (χ4v) is 4.33. The molecule has 1 saturated carbocycles. The summed E-state index contributed by atoms with van der Waals surface area (Å²) in [6.07, 6.45) is 9.95. The summed E-state index contributed by atoms with van der Waals surface area (Å²) in [4.78, 5) is 25.7. The summed E-state index contributed by atoms with van der Waals surface area (Å²) in [7, 11) is 0. The van der Waals surface area contributed by atoms with E-state index in [0.717, 1.165) is 17.7 Å². The lowest BCUT2D eigenvalue weighted by Crippen LogP contribution is -2.36. The Labute approximate surface area is 170 Å². The SMILES string of the molecule is O=C(CSc1ccccc1C(=O)NCc1ccco1)NC1CCCCCCC1. The number of furan rings is 1. The predicted octanol–water partition coefficient (Wildman–Crippen LogP) is 4.53. The largest absolute Gasteiger partial charge is 0.467 e. The second-order valence-corrected chi connectivity index (χ2v) is 8.17. The van der Waals surface area contributed by atoms with E-state index in [2.05, 4.69) is 10.6 Å². The Morgan fingerprint density at radius 1 is 1.00 bits per heavy atom. The van der Waals surface area contributed by atoms with Gasteiger partial charge in [-0.2, -0.15) is 0 Å². The van der Waals surface area contributed by atoms with E-state index in [-0.39, 0.29) is 11.8 Å². The van der Waals surface area contributed by atoms with Crippen LogP contribution < -0.4 is 10.6 Å². The van der Waals surface area contributed by atoms with E-state index in [1.165, 1.54) is 43.9 Å². The number of rotatable bonds is 7. The molecule has 0 unspecified atom stereocenters. The summed E-state index contributed by atoms with van der Waals surface area (Å²) < 4.78 is 5.24. The molecule has 0 atom stereocenters. The summed E-state index contributed by atoms with van der Waals surface area (Å²) in [6.45, 7) is 0.340. The first-order chi connectivity index (χ1) is 13.7. The van der Waals surface area contributed by atoms with Gasteiger partial charge in [0, 0.05) is 10.9 Å². The van der Waals surface area contributed by atoms with E-state index in [1.807, 2.05) is 24.3 Å². The molecule has 1 fully saturated rings.